The van der Waals surface area contributed by atoms with Gasteiger partial charge in [-0.2, -0.15) is 23.0 Å². The number of benzene rings is 2. The minimum Gasteiger partial charge on any atom is -0.497 e. The number of fused-ring (bicyclic) bond motifs is 1. The Balaban J connectivity index is 1.80. The Morgan fingerprint density at radius 3 is 2.38 bits per heavy atom. The van der Waals surface area contributed by atoms with Crippen molar-refractivity contribution in [2.45, 2.75) is 25.1 Å². The fraction of sp³-hybridized carbons (Fsp3) is 0.370. The summed E-state index contributed by atoms with van der Waals surface area (Å²) in [6.45, 7) is 0.331. The Hall–Kier alpha value is -4.26. The number of carboxylic acid groups (broad SMARTS) is 1. The SMILES string of the molecule is COc1cc(OC)cc(-c2nn(-c3cc(N4CC[C@H](O)C4)ccc3C(F)(F)F)c(=O)c3c2CCN3CC(=O)O)c1. The van der Waals surface area contributed by atoms with Gasteiger partial charge in [-0.05, 0) is 43.2 Å². The zero-order valence-electron chi connectivity index (χ0n) is 21.7. The van der Waals surface area contributed by atoms with Crippen molar-refractivity contribution in [1.82, 2.24) is 9.78 Å². The number of β-amino-alcohol motifs (C(OH)–C–C–N with tert-alkyl or cyclic N) is 1. The molecule has 1 saturated heterocycles. The molecular weight excluding hydrogens is 533 g/mol. The van der Waals surface area contributed by atoms with Crippen LogP contribution in [0, 0.1) is 0 Å². The molecule has 3 aromatic rings. The molecule has 2 N–H and O–H groups in total. The van der Waals surface area contributed by atoms with E-state index in [1.807, 2.05) is 0 Å². The summed E-state index contributed by atoms with van der Waals surface area (Å²) in [6.07, 6.45) is -4.72. The van der Waals surface area contributed by atoms with Gasteiger partial charge in [0.25, 0.3) is 5.56 Å². The van der Waals surface area contributed by atoms with Crippen molar-refractivity contribution < 1.29 is 37.7 Å². The number of alkyl halides is 3. The van der Waals surface area contributed by atoms with Crippen LogP contribution in [0.4, 0.5) is 24.5 Å². The summed E-state index contributed by atoms with van der Waals surface area (Å²) in [6, 6.07) is 8.27. The number of aliphatic carboxylic acids is 1. The van der Waals surface area contributed by atoms with Crippen molar-refractivity contribution in [3.63, 3.8) is 0 Å². The summed E-state index contributed by atoms with van der Waals surface area (Å²) in [5.74, 6) is -0.395. The molecule has 0 saturated carbocycles. The van der Waals surface area contributed by atoms with Crippen molar-refractivity contribution in [3.05, 3.63) is 57.9 Å². The minimum absolute atomic E-state index is 0.0238. The number of anilines is 2. The Bertz CT molecular complexity index is 1500. The summed E-state index contributed by atoms with van der Waals surface area (Å²) in [5.41, 5.74) is -1.03. The number of methoxy groups -OCH3 is 2. The summed E-state index contributed by atoms with van der Waals surface area (Å²) >= 11 is 0. The minimum atomic E-state index is -4.82. The molecular formula is C27H27F3N4O6. The molecule has 3 heterocycles. The zero-order valence-corrected chi connectivity index (χ0v) is 21.7. The van der Waals surface area contributed by atoms with E-state index in [0.717, 1.165) is 6.07 Å². The lowest BCUT2D eigenvalue weighted by molar-refractivity contribution is -0.137. The number of rotatable bonds is 7. The number of hydrogen-bond acceptors (Lipinski definition) is 8. The van der Waals surface area contributed by atoms with Gasteiger partial charge in [-0.25, -0.2) is 0 Å². The van der Waals surface area contributed by atoms with E-state index in [2.05, 4.69) is 5.10 Å². The second-order valence-corrected chi connectivity index (χ2v) is 9.65. The lowest BCUT2D eigenvalue weighted by Gasteiger charge is -2.23. The first-order chi connectivity index (χ1) is 19.0. The summed E-state index contributed by atoms with van der Waals surface area (Å²) in [7, 11) is 2.89. The maximum absolute atomic E-state index is 14.3. The van der Waals surface area contributed by atoms with E-state index in [9.17, 15) is 33.0 Å². The number of halogens is 3. The van der Waals surface area contributed by atoms with E-state index < -0.39 is 41.6 Å². The van der Waals surface area contributed by atoms with Gasteiger partial charge in [0.2, 0.25) is 0 Å². The van der Waals surface area contributed by atoms with E-state index in [4.69, 9.17) is 9.47 Å². The Kier molecular flexibility index (Phi) is 7.08. The van der Waals surface area contributed by atoms with E-state index in [1.54, 1.807) is 23.1 Å². The van der Waals surface area contributed by atoms with E-state index >= 15 is 0 Å². The summed E-state index contributed by atoms with van der Waals surface area (Å²) < 4.78 is 54.2. The van der Waals surface area contributed by atoms with Crippen LogP contribution in [-0.4, -0.2) is 72.5 Å². The molecule has 0 unspecified atom stereocenters. The van der Waals surface area contributed by atoms with Crippen LogP contribution in [0.25, 0.3) is 16.9 Å². The molecule has 10 nitrogen and oxygen atoms in total. The van der Waals surface area contributed by atoms with Crippen LogP contribution in [0.3, 0.4) is 0 Å². The number of aromatic nitrogens is 2. The van der Waals surface area contributed by atoms with Gasteiger partial charge in [0.1, 0.15) is 23.7 Å². The highest BCUT2D eigenvalue weighted by molar-refractivity contribution is 5.79. The van der Waals surface area contributed by atoms with E-state index in [0.29, 0.717) is 46.0 Å². The fourth-order valence-electron chi connectivity index (χ4n) is 5.24. The molecule has 5 rings (SSSR count). The van der Waals surface area contributed by atoms with Crippen molar-refractivity contribution in [1.29, 1.82) is 0 Å². The standard InChI is InChI=1S/C27H27F3N4O6/c1-39-18-9-15(10-19(12-18)40-2)24-20-6-8-33(14-23(36)37)25(20)26(38)34(31-24)22-11-16(32-7-5-17(35)13-32)3-4-21(22)27(28,29)30/h3-4,9-12,17,35H,5-8,13-14H2,1-2H3,(H,36,37)/t17-/m0/s1. The molecule has 0 spiro atoms. The summed E-state index contributed by atoms with van der Waals surface area (Å²) in [4.78, 5) is 28.5. The second-order valence-electron chi connectivity index (χ2n) is 9.65. The van der Waals surface area contributed by atoms with Gasteiger partial charge in [0.15, 0.2) is 0 Å². The molecule has 2 aliphatic rings. The molecule has 0 amide bonds. The van der Waals surface area contributed by atoms with E-state index in [-0.39, 0.29) is 30.9 Å². The zero-order chi connectivity index (χ0) is 28.8. The van der Waals surface area contributed by atoms with Crippen LogP contribution in [0.2, 0.25) is 0 Å². The van der Waals surface area contributed by atoms with Crippen LogP contribution in [0.5, 0.6) is 11.5 Å². The molecule has 0 radical (unpaired) electrons. The quantitative estimate of drug-likeness (QED) is 0.450. The number of carbonyl (C=O) groups is 1. The molecule has 212 valence electrons. The topological polar surface area (TPSA) is 117 Å². The monoisotopic (exact) mass is 560 g/mol. The Morgan fingerprint density at radius 2 is 1.80 bits per heavy atom. The maximum atomic E-state index is 14.3. The highest BCUT2D eigenvalue weighted by Gasteiger charge is 2.37. The highest BCUT2D eigenvalue weighted by Crippen LogP contribution is 2.39. The van der Waals surface area contributed by atoms with Gasteiger partial charge in [-0.3, -0.25) is 9.59 Å². The lowest BCUT2D eigenvalue weighted by atomic mass is 10.0. The van der Waals surface area contributed by atoms with Crippen LogP contribution in [0.1, 0.15) is 17.5 Å². The number of ether oxygens (including phenoxy) is 2. The van der Waals surface area contributed by atoms with Gasteiger partial charge in [0, 0.05) is 42.5 Å². The third-order valence-electron chi connectivity index (χ3n) is 7.11. The van der Waals surface area contributed by atoms with Gasteiger partial charge >= 0.3 is 12.1 Å². The number of nitrogens with zero attached hydrogens (tertiary/aromatic N) is 4. The Labute approximate surface area is 226 Å². The first-order valence-corrected chi connectivity index (χ1v) is 12.5. The normalized spacial score (nSPS) is 16.8. The smallest absolute Gasteiger partial charge is 0.418 e. The molecule has 0 bridgehead atoms. The van der Waals surface area contributed by atoms with Crippen molar-refractivity contribution in [2.75, 3.05) is 50.2 Å². The first kappa shape index (κ1) is 27.3. The van der Waals surface area contributed by atoms with Gasteiger partial charge < -0.3 is 29.5 Å². The molecule has 1 atom stereocenters. The lowest BCUT2D eigenvalue weighted by Crippen LogP contribution is -2.35. The number of hydrogen-bond donors (Lipinski definition) is 2. The third kappa shape index (κ3) is 5.04. The number of carboxylic acids is 1. The van der Waals surface area contributed by atoms with Crippen LogP contribution < -0.4 is 24.8 Å². The van der Waals surface area contributed by atoms with Gasteiger partial charge in [0.05, 0.1) is 37.3 Å². The molecule has 1 fully saturated rings. The molecule has 0 aliphatic carbocycles. The molecule has 2 aliphatic heterocycles. The summed E-state index contributed by atoms with van der Waals surface area (Å²) in [5, 5.41) is 23.9. The molecule has 40 heavy (non-hydrogen) atoms. The molecule has 2 aromatic carbocycles. The average molecular weight is 561 g/mol. The van der Waals surface area contributed by atoms with Crippen molar-refractivity contribution >= 4 is 17.3 Å². The van der Waals surface area contributed by atoms with Gasteiger partial charge in [-0.1, -0.05) is 0 Å². The third-order valence-corrected chi connectivity index (χ3v) is 7.11. The molecule has 13 heteroatoms. The Morgan fingerprint density at radius 1 is 1.10 bits per heavy atom. The van der Waals surface area contributed by atoms with Gasteiger partial charge in [-0.15, -0.1) is 0 Å². The predicted molar refractivity (Wildman–Crippen MR) is 140 cm³/mol. The van der Waals surface area contributed by atoms with Crippen LogP contribution in [-0.2, 0) is 17.4 Å². The number of aliphatic hydroxyl groups excluding tert-OH is 1. The van der Waals surface area contributed by atoms with Crippen molar-refractivity contribution in [3.8, 4) is 28.4 Å². The second kappa shape index (κ2) is 10.4. The average Bonchev–Trinajstić information content (AvgIpc) is 3.54. The highest BCUT2D eigenvalue weighted by atomic mass is 19.4. The molecule has 1 aromatic heterocycles. The first-order valence-electron chi connectivity index (χ1n) is 12.5. The predicted octanol–water partition coefficient (Wildman–Crippen LogP) is 2.95. The largest absolute Gasteiger partial charge is 0.497 e. The number of aliphatic hydroxyl groups is 1. The van der Waals surface area contributed by atoms with Crippen molar-refractivity contribution in [2.24, 2.45) is 0 Å². The van der Waals surface area contributed by atoms with E-state index in [1.165, 1.54) is 31.3 Å². The maximum Gasteiger partial charge on any atom is 0.418 e. The van der Waals surface area contributed by atoms with Crippen LogP contribution >= 0.6 is 0 Å². The fourth-order valence-corrected chi connectivity index (χ4v) is 5.24. The van der Waals surface area contributed by atoms with Crippen LogP contribution in [0.15, 0.2) is 41.2 Å².